The molecule has 0 spiro atoms. The summed E-state index contributed by atoms with van der Waals surface area (Å²) in [6.07, 6.45) is 4.20. The molecule has 0 amide bonds. The predicted molar refractivity (Wildman–Crippen MR) is 107 cm³/mol. The van der Waals surface area contributed by atoms with Crippen LogP contribution in [0.5, 0.6) is 5.75 Å². The second-order valence-corrected chi connectivity index (χ2v) is 8.05. The number of methoxy groups -OCH3 is 1. The quantitative estimate of drug-likeness (QED) is 0.828. The number of hydrogen-bond donors (Lipinski definition) is 2. The lowest BCUT2D eigenvalue weighted by Gasteiger charge is -2.40. The summed E-state index contributed by atoms with van der Waals surface area (Å²) in [5.41, 5.74) is 0.962. The number of hydrogen-bond acceptors (Lipinski definition) is 5. The summed E-state index contributed by atoms with van der Waals surface area (Å²) in [6, 6.07) is 8.37. The molecule has 142 valence electrons. The fourth-order valence-electron chi connectivity index (χ4n) is 3.89. The van der Waals surface area contributed by atoms with Gasteiger partial charge < -0.3 is 15.2 Å². The van der Waals surface area contributed by atoms with Crippen LogP contribution in [0.15, 0.2) is 30.5 Å². The van der Waals surface area contributed by atoms with E-state index in [0.29, 0.717) is 19.1 Å². The van der Waals surface area contributed by atoms with Gasteiger partial charge in [0.25, 0.3) is 0 Å². The van der Waals surface area contributed by atoms with Gasteiger partial charge in [0.2, 0.25) is 0 Å². The Balaban J connectivity index is 1.70. The van der Waals surface area contributed by atoms with Crippen molar-refractivity contribution in [2.75, 3.05) is 32.1 Å². The summed E-state index contributed by atoms with van der Waals surface area (Å²) in [6.45, 7) is 8.67. The zero-order valence-corrected chi connectivity index (χ0v) is 16.3. The molecule has 0 aliphatic carbocycles. The van der Waals surface area contributed by atoms with Crippen molar-refractivity contribution in [1.29, 1.82) is 0 Å². The molecule has 0 saturated carbocycles. The Kier molecular flexibility index (Phi) is 5.68. The van der Waals surface area contributed by atoms with Crippen molar-refractivity contribution < 1.29 is 9.84 Å². The van der Waals surface area contributed by atoms with Crippen molar-refractivity contribution in [3.05, 3.63) is 30.5 Å². The molecule has 2 aromatic rings. The number of rotatable bonds is 6. The first-order valence-electron chi connectivity index (χ1n) is 9.51. The Labute approximate surface area is 156 Å². The molecule has 2 N–H and O–H groups in total. The van der Waals surface area contributed by atoms with Crippen LogP contribution in [-0.4, -0.2) is 53.4 Å². The number of ether oxygens (including phenoxy) is 1. The first-order valence-corrected chi connectivity index (χ1v) is 9.51. The number of aromatic nitrogens is 1. The van der Waals surface area contributed by atoms with E-state index in [1.54, 1.807) is 13.3 Å². The van der Waals surface area contributed by atoms with Crippen LogP contribution in [0.25, 0.3) is 10.9 Å². The number of piperidine rings is 1. The number of likely N-dealkylation sites (tertiary alicyclic amines) is 1. The van der Waals surface area contributed by atoms with Crippen LogP contribution in [-0.2, 0) is 0 Å². The first-order chi connectivity index (χ1) is 12.4. The molecule has 5 nitrogen and oxygen atoms in total. The van der Waals surface area contributed by atoms with Crippen molar-refractivity contribution in [1.82, 2.24) is 9.88 Å². The highest BCUT2D eigenvalue weighted by Gasteiger charge is 2.30. The van der Waals surface area contributed by atoms with Gasteiger partial charge in [-0.25, -0.2) is 0 Å². The van der Waals surface area contributed by atoms with Gasteiger partial charge in [-0.15, -0.1) is 0 Å². The molecule has 1 aromatic carbocycles. The summed E-state index contributed by atoms with van der Waals surface area (Å²) >= 11 is 0. The van der Waals surface area contributed by atoms with E-state index in [1.807, 2.05) is 31.2 Å². The number of anilines is 1. The van der Waals surface area contributed by atoms with E-state index in [0.717, 1.165) is 34.8 Å². The zero-order valence-electron chi connectivity index (χ0n) is 16.3. The molecule has 26 heavy (non-hydrogen) atoms. The summed E-state index contributed by atoms with van der Waals surface area (Å²) < 4.78 is 5.40. The van der Waals surface area contributed by atoms with E-state index in [9.17, 15) is 5.11 Å². The Morgan fingerprint density at radius 3 is 2.92 bits per heavy atom. The van der Waals surface area contributed by atoms with Gasteiger partial charge in [-0.05, 0) is 51.3 Å². The normalized spacial score (nSPS) is 23.6. The van der Waals surface area contributed by atoms with Crippen LogP contribution in [0, 0.1) is 5.92 Å². The number of benzene rings is 1. The van der Waals surface area contributed by atoms with Gasteiger partial charge in [-0.1, -0.05) is 13.0 Å². The third kappa shape index (κ3) is 4.46. The Bertz CT molecular complexity index is 747. The molecule has 0 unspecified atom stereocenters. The van der Waals surface area contributed by atoms with E-state index in [-0.39, 0.29) is 0 Å². The molecule has 1 saturated heterocycles. The average Bonchev–Trinajstić information content (AvgIpc) is 2.62. The lowest BCUT2D eigenvalue weighted by molar-refractivity contribution is 0.00269. The molecule has 1 fully saturated rings. The van der Waals surface area contributed by atoms with Crippen molar-refractivity contribution >= 4 is 16.6 Å². The highest BCUT2D eigenvalue weighted by atomic mass is 16.5. The van der Waals surface area contributed by atoms with Gasteiger partial charge in [0.15, 0.2) is 0 Å². The first kappa shape index (κ1) is 18.9. The van der Waals surface area contributed by atoms with E-state index in [1.165, 1.54) is 12.8 Å². The highest BCUT2D eigenvalue weighted by Crippen LogP contribution is 2.29. The number of nitrogens with zero attached hydrogens (tertiary/aromatic N) is 2. The molecule has 3 atom stereocenters. The van der Waals surface area contributed by atoms with Crippen LogP contribution in [0.1, 0.15) is 33.6 Å². The monoisotopic (exact) mass is 357 g/mol. The summed E-state index contributed by atoms with van der Waals surface area (Å²) in [4.78, 5) is 6.89. The van der Waals surface area contributed by atoms with Gasteiger partial charge in [0, 0.05) is 36.8 Å². The second-order valence-electron chi connectivity index (χ2n) is 8.05. The van der Waals surface area contributed by atoms with E-state index in [4.69, 9.17) is 4.74 Å². The number of fused-ring (bicyclic) bond motifs is 1. The summed E-state index contributed by atoms with van der Waals surface area (Å²) in [7, 11) is 1.66. The maximum atomic E-state index is 11.0. The minimum atomic E-state index is -0.820. The second kappa shape index (κ2) is 7.80. The topological polar surface area (TPSA) is 57.6 Å². The van der Waals surface area contributed by atoms with Gasteiger partial charge >= 0.3 is 0 Å². The van der Waals surface area contributed by atoms with Crippen LogP contribution in [0.4, 0.5) is 5.69 Å². The Morgan fingerprint density at radius 2 is 2.19 bits per heavy atom. The van der Waals surface area contributed by atoms with Crippen molar-refractivity contribution in [3.8, 4) is 5.75 Å². The number of nitrogens with one attached hydrogen (secondary N) is 1. The van der Waals surface area contributed by atoms with Gasteiger partial charge in [0.05, 0.1) is 23.9 Å². The number of aliphatic hydroxyl groups is 1. The van der Waals surface area contributed by atoms with E-state index >= 15 is 0 Å². The minimum absolute atomic E-state index is 0.463. The van der Waals surface area contributed by atoms with Crippen molar-refractivity contribution in [3.63, 3.8) is 0 Å². The molecule has 2 heterocycles. The largest absolute Gasteiger partial charge is 0.497 e. The van der Waals surface area contributed by atoms with Crippen LogP contribution >= 0.6 is 0 Å². The molecular formula is C21H31N3O2. The molecule has 1 aromatic heterocycles. The molecular weight excluding hydrogens is 326 g/mol. The smallest absolute Gasteiger partial charge is 0.121 e. The Morgan fingerprint density at radius 1 is 1.38 bits per heavy atom. The van der Waals surface area contributed by atoms with Crippen LogP contribution < -0.4 is 10.1 Å². The maximum Gasteiger partial charge on any atom is 0.121 e. The maximum absolute atomic E-state index is 11.0. The van der Waals surface area contributed by atoms with E-state index in [2.05, 4.69) is 29.0 Å². The average molecular weight is 357 g/mol. The van der Waals surface area contributed by atoms with Crippen LogP contribution in [0.3, 0.4) is 0 Å². The lowest BCUT2D eigenvalue weighted by atomic mass is 9.92. The predicted octanol–water partition coefficient (Wildman–Crippen LogP) is 3.53. The highest BCUT2D eigenvalue weighted by molar-refractivity contribution is 5.91. The fraction of sp³-hybridized carbons (Fsp3) is 0.571. The summed E-state index contributed by atoms with van der Waals surface area (Å²) in [5.74, 6) is 1.56. The number of pyridine rings is 1. The van der Waals surface area contributed by atoms with Crippen LogP contribution in [0.2, 0.25) is 0 Å². The molecule has 1 aliphatic rings. The van der Waals surface area contributed by atoms with Gasteiger partial charge in [0.1, 0.15) is 5.75 Å². The zero-order chi connectivity index (χ0) is 18.7. The third-order valence-corrected chi connectivity index (χ3v) is 5.39. The van der Waals surface area contributed by atoms with Gasteiger partial charge in [-0.3, -0.25) is 9.88 Å². The summed E-state index contributed by atoms with van der Waals surface area (Å²) in [5, 5.41) is 15.4. The lowest BCUT2D eigenvalue weighted by Crippen LogP contribution is -2.51. The van der Waals surface area contributed by atoms with Gasteiger partial charge in [-0.2, -0.15) is 0 Å². The molecule has 1 aliphatic heterocycles. The SMILES string of the molecule is COc1cc(NC[C@@](C)(O)CN2CC[C@H](C)C[C@H]2C)c2ncccc2c1. The van der Waals surface area contributed by atoms with E-state index < -0.39 is 5.60 Å². The Hall–Kier alpha value is -1.85. The fourth-order valence-corrected chi connectivity index (χ4v) is 3.89. The molecule has 0 bridgehead atoms. The van der Waals surface area contributed by atoms with Crippen molar-refractivity contribution in [2.24, 2.45) is 5.92 Å². The molecule has 0 radical (unpaired) electrons. The number of β-amino-alcohol motifs (C(OH)–C–C–N with tert-alkyl or cyclic N) is 1. The molecule has 5 heteroatoms. The third-order valence-electron chi connectivity index (χ3n) is 5.39. The minimum Gasteiger partial charge on any atom is -0.497 e. The molecule has 3 rings (SSSR count). The van der Waals surface area contributed by atoms with Crippen molar-refractivity contribution in [2.45, 2.75) is 45.3 Å². The standard InChI is InChI=1S/C21H31N3O2/c1-15-7-9-24(16(2)10-15)14-21(3,25)13-23-19-12-18(26-4)11-17-6-5-8-22-20(17)19/h5-6,8,11-12,15-16,23,25H,7,9-10,13-14H2,1-4H3/t15-,16+,21+/m0/s1.